The molecule has 0 saturated heterocycles. The summed E-state index contributed by atoms with van der Waals surface area (Å²) in [4.78, 5) is 20.0. The Morgan fingerprint density at radius 3 is 2.76 bits per heavy atom. The van der Waals surface area contributed by atoms with Crippen LogP contribution in [0.5, 0.6) is 5.75 Å². The number of hydrogen-bond acceptors (Lipinski definition) is 6. The number of anilines is 2. The minimum Gasteiger partial charge on any atom is -0.435 e. The number of benzene rings is 2. The first-order chi connectivity index (χ1) is 15.8. The minimum atomic E-state index is -2.98. The van der Waals surface area contributed by atoms with E-state index in [9.17, 15) is 17.8 Å². The van der Waals surface area contributed by atoms with Crippen molar-refractivity contribution < 1.29 is 22.5 Å². The van der Waals surface area contributed by atoms with Gasteiger partial charge in [-0.1, -0.05) is 35.1 Å². The van der Waals surface area contributed by atoms with E-state index in [4.69, 9.17) is 11.6 Å². The molecule has 0 spiro atoms. The largest absolute Gasteiger partial charge is 0.435 e. The van der Waals surface area contributed by atoms with E-state index in [0.29, 0.717) is 16.4 Å². The second kappa shape index (κ2) is 9.77. The van der Waals surface area contributed by atoms with E-state index in [2.05, 4.69) is 24.7 Å². The first-order valence-electron chi connectivity index (χ1n) is 9.36. The Bertz CT molecular complexity index is 1370. The molecule has 12 heteroatoms. The predicted molar refractivity (Wildman–Crippen MR) is 125 cm³/mol. The van der Waals surface area contributed by atoms with Crippen molar-refractivity contribution >= 4 is 60.9 Å². The number of fused-ring (bicyclic) bond motifs is 1. The van der Waals surface area contributed by atoms with Gasteiger partial charge in [-0.3, -0.25) is 9.52 Å². The number of carbonyl (C=O) groups is 1. The lowest BCUT2D eigenvalue weighted by molar-refractivity contribution is -0.114. The Morgan fingerprint density at radius 1 is 1.18 bits per heavy atom. The molecule has 2 heterocycles. The van der Waals surface area contributed by atoms with E-state index in [0.717, 1.165) is 15.8 Å². The van der Waals surface area contributed by atoms with Crippen molar-refractivity contribution in [2.75, 3.05) is 10.0 Å². The number of rotatable bonds is 7. The van der Waals surface area contributed by atoms with Crippen LogP contribution in [0.1, 0.15) is 6.92 Å². The molecule has 0 saturated carbocycles. The van der Waals surface area contributed by atoms with Crippen LogP contribution in [0.15, 0.2) is 59.6 Å². The number of pyridine rings is 1. The third-order valence-corrected chi connectivity index (χ3v) is 6.61. The van der Waals surface area contributed by atoms with Crippen LogP contribution in [0, 0.1) is 0 Å². The van der Waals surface area contributed by atoms with E-state index in [1.165, 1.54) is 42.5 Å². The number of halogens is 3. The fourth-order valence-electron chi connectivity index (χ4n) is 2.91. The highest BCUT2D eigenvalue weighted by atomic mass is 35.5. The number of amides is 1. The van der Waals surface area contributed by atoms with Crippen LogP contribution in [0.2, 0.25) is 5.15 Å². The highest BCUT2D eigenvalue weighted by Gasteiger charge is 2.13. The van der Waals surface area contributed by atoms with Crippen LogP contribution in [-0.2, 0) is 15.8 Å². The number of carbonyl (C=O) groups excluding carboxylic acids is 1. The molecule has 4 aromatic rings. The molecule has 1 unspecified atom stereocenters. The maximum Gasteiger partial charge on any atom is 0.387 e. The molecule has 0 aliphatic carbocycles. The van der Waals surface area contributed by atoms with Crippen molar-refractivity contribution in [3.8, 4) is 16.9 Å². The summed E-state index contributed by atoms with van der Waals surface area (Å²) in [6.45, 7) is -1.57. The van der Waals surface area contributed by atoms with Gasteiger partial charge in [0, 0.05) is 18.7 Å². The summed E-state index contributed by atoms with van der Waals surface area (Å²) in [5.41, 5.74) is 2.55. The number of thiazole rings is 1. The normalized spacial score (nSPS) is 12.0. The number of aromatic nitrogens is 2. The van der Waals surface area contributed by atoms with Gasteiger partial charge in [0.25, 0.3) is 0 Å². The molecule has 170 valence electrons. The van der Waals surface area contributed by atoms with Crippen LogP contribution in [0.4, 0.5) is 19.6 Å². The average molecular weight is 509 g/mol. The van der Waals surface area contributed by atoms with Crippen molar-refractivity contribution in [1.82, 2.24) is 9.97 Å². The Labute approximate surface area is 198 Å². The lowest BCUT2D eigenvalue weighted by atomic mass is 10.1. The highest BCUT2D eigenvalue weighted by Crippen LogP contribution is 2.33. The first kappa shape index (κ1) is 23.0. The zero-order chi connectivity index (χ0) is 23.5. The van der Waals surface area contributed by atoms with E-state index in [1.807, 2.05) is 18.2 Å². The Hall–Kier alpha value is -3.15. The van der Waals surface area contributed by atoms with E-state index in [1.54, 1.807) is 12.3 Å². The molecule has 0 fully saturated rings. The smallest absolute Gasteiger partial charge is 0.387 e. The average Bonchev–Trinajstić information content (AvgIpc) is 3.15. The molecule has 0 bridgehead atoms. The van der Waals surface area contributed by atoms with Gasteiger partial charge in [0.1, 0.15) is 5.75 Å². The second-order valence-electron chi connectivity index (χ2n) is 6.67. The second-order valence-corrected chi connectivity index (χ2v) is 9.27. The summed E-state index contributed by atoms with van der Waals surface area (Å²) in [6.07, 6.45) is 1.57. The number of nitrogens with one attached hydrogen (secondary N) is 2. The van der Waals surface area contributed by atoms with Crippen molar-refractivity contribution in [3.05, 3.63) is 59.9 Å². The van der Waals surface area contributed by atoms with Crippen LogP contribution < -0.4 is 14.8 Å². The molecule has 1 amide bonds. The molecular formula is C21H15ClF2N4O3S2. The molecule has 0 radical (unpaired) electrons. The van der Waals surface area contributed by atoms with Crippen LogP contribution in [-0.4, -0.2) is 26.7 Å². The fraction of sp³-hybridized carbons (Fsp3) is 0.0952. The summed E-state index contributed by atoms with van der Waals surface area (Å²) >= 11 is 7.52. The number of ether oxygens (including phenoxy) is 1. The highest BCUT2D eigenvalue weighted by molar-refractivity contribution is 7.86. The van der Waals surface area contributed by atoms with Crippen LogP contribution in [0.25, 0.3) is 21.3 Å². The lowest BCUT2D eigenvalue weighted by Crippen LogP contribution is -2.07. The number of alkyl halides is 2. The summed E-state index contributed by atoms with van der Waals surface area (Å²) in [7, 11) is -1.81. The number of nitrogens with zero attached hydrogens (tertiary/aromatic N) is 2. The molecule has 0 aliphatic rings. The van der Waals surface area contributed by atoms with Gasteiger partial charge in [-0.25, -0.2) is 14.2 Å². The van der Waals surface area contributed by atoms with Gasteiger partial charge >= 0.3 is 6.61 Å². The zero-order valence-corrected chi connectivity index (χ0v) is 19.2. The SMILES string of the molecule is CC(=O)Nc1nc2ccc(-c3cnc(Cl)c(NS(=O)c4cccc(OC(F)F)c4)c3)cc2s1. The lowest BCUT2D eigenvalue weighted by Gasteiger charge is -2.11. The van der Waals surface area contributed by atoms with Gasteiger partial charge in [-0.2, -0.15) is 8.78 Å². The predicted octanol–water partition coefficient (Wildman–Crippen LogP) is 5.71. The van der Waals surface area contributed by atoms with Crippen LogP contribution in [0.3, 0.4) is 0 Å². The standard InChI is InChI=1S/C21H15ClF2N4O3S2/c1-11(29)26-21-27-16-6-5-12(8-18(16)32-21)13-7-17(19(22)25-10-13)28-33(30)15-4-2-3-14(9-15)31-20(23)24/h2-10,20,28H,1H3,(H,26,27,29). The van der Waals surface area contributed by atoms with Crippen molar-refractivity contribution in [3.63, 3.8) is 0 Å². The van der Waals surface area contributed by atoms with Gasteiger partial charge in [-0.15, -0.1) is 0 Å². The number of hydrogen-bond donors (Lipinski definition) is 2. The maximum absolute atomic E-state index is 12.7. The van der Waals surface area contributed by atoms with Gasteiger partial charge < -0.3 is 10.1 Å². The van der Waals surface area contributed by atoms with Crippen molar-refractivity contribution in [1.29, 1.82) is 0 Å². The molecule has 1 atom stereocenters. The zero-order valence-electron chi connectivity index (χ0n) is 16.8. The minimum absolute atomic E-state index is 0.0962. The topological polar surface area (TPSA) is 93.2 Å². The first-order valence-corrected chi connectivity index (χ1v) is 11.7. The maximum atomic E-state index is 12.7. The van der Waals surface area contributed by atoms with E-state index in [-0.39, 0.29) is 21.7 Å². The fourth-order valence-corrected chi connectivity index (χ4v) is 4.97. The molecule has 0 aliphatic heterocycles. The summed E-state index contributed by atoms with van der Waals surface area (Å²) < 4.78 is 45.6. The molecule has 2 aromatic heterocycles. The molecule has 2 aromatic carbocycles. The molecular weight excluding hydrogens is 494 g/mol. The van der Waals surface area contributed by atoms with Crippen molar-refractivity contribution in [2.24, 2.45) is 0 Å². The third kappa shape index (κ3) is 5.62. The molecule has 4 rings (SSSR count). The van der Waals surface area contributed by atoms with Gasteiger partial charge in [0.05, 0.1) is 20.8 Å². The molecule has 2 N–H and O–H groups in total. The van der Waals surface area contributed by atoms with Gasteiger partial charge in [-0.05, 0) is 42.0 Å². The Kier molecular flexibility index (Phi) is 6.82. The third-order valence-electron chi connectivity index (χ3n) is 4.29. The van der Waals surface area contributed by atoms with Gasteiger partial charge in [0.2, 0.25) is 5.91 Å². The van der Waals surface area contributed by atoms with Crippen molar-refractivity contribution in [2.45, 2.75) is 18.4 Å². The summed E-state index contributed by atoms with van der Waals surface area (Å²) in [6, 6.07) is 12.8. The Morgan fingerprint density at radius 2 is 2.00 bits per heavy atom. The van der Waals surface area contributed by atoms with E-state index >= 15 is 0 Å². The quantitative estimate of drug-likeness (QED) is 0.312. The van der Waals surface area contributed by atoms with Gasteiger partial charge in [0.15, 0.2) is 21.3 Å². The Balaban J connectivity index is 1.59. The molecule has 33 heavy (non-hydrogen) atoms. The summed E-state index contributed by atoms with van der Waals surface area (Å²) in [5.74, 6) is -0.307. The van der Waals surface area contributed by atoms with Crippen LogP contribution >= 0.6 is 22.9 Å². The monoisotopic (exact) mass is 508 g/mol. The molecule has 7 nitrogen and oxygen atoms in total. The van der Waals surface area contributed by atoms with E-state index < -0.39 is 17.6 Å². The summed E-state index contributed by atoms with van der Waals surface area (Å²) in [5, 5.41) is 3.26.